The molecule has 8 nitrogen and oxygen atoms in total. The molecule has 0 saturated heterocycles. The zero-order chi connectivity index (χ0) is 21.5. The normalized spacial score (nSPS) is 15.9. The lowest BCUT2D eigenvalue weighted by atomic mass is 9.91. The molecule has 162 valence electrons. The zero-order valence-electron chi connectivity index (χ0n) is 17.4. The summed E-state index contributed by atoms with van der Waals surface area (Å²) in [6.45, 7) is 1.51. The Morgan fingerprint density at radius 3 is 2.63 bits per heavy atom. The van der Waals surface area contributed by atoms with Gasteiger partial charge < -0.3 is 19.5 Å². The van der Waals surface area contributed by atoms with E-state index in [0.717, 1.165) is 16.9 Å². The molecule has 1 aliphatic rings. The molecule has 1 atom stereocenters. The van der Waals surface area contributed by atoms with Crippen molar-refractivity contribution in [1.82, 2.24) is 15.5 Å². The van der Waals surface area contributed by atoms with Gasteiger partial charge in [0.05, 0.1) is 33.4 Å². The number of thiophene rings is 1. The van der Waals surface area contributed by atoms with Gasteiger partial charge in [0.2, 0.25) is 5.91 Å². The van der Waals surface area contributed by atoms with Crippen molar-refractivity contribution in [1.29, 1.82) is 0 Å². The molecule has 2 N–H and O–H groups in total. The third-order valence-corrected chi connectivity index (χ3v) is 5.90. The van der Waals surface area contributed by atoms with Crippen LogP contribution < -0.4 is 20.1 Å². The average Bonchev–Trinajstić information content (AvgIpc) is 3.27. The van der Waals surface area contributed by atoms with E-state index >= 15 is 0 Å². The number of carbonyl (C=O) groups excluding carboxylic acids is 2. The number of nitrogens with one attached hydrogen (secondary N) is 2. The van der Waals surface area contributed by atoms with Crippen LogP contribution >= 0.6 is 11.3 Å². The van der Waals surface area contributed by atoms with Gasteiger partial charge >= 0.3 is 6.03 Å². The van der Waals surface area contributed by atoms with Gasteiger partial charge in [-0.3, -0.25) is 15.0 Å². The van der Waals surface area contributed by atoms with Crippen LogP contribution in [0.3, 0.4) is 0 Å². The van der Waals surface area contributed by atoms with E-state index in [1.807, 2.05) is 23.6 Å². The van der Waals surface area contributed by atoms with Crippen molar-refractivity contribution < 1.29 is 23.8 Å². The second kappa shape index (κ2) is 10.4. The van der Waals surface area contributed by atoms with Gasteiger partial charge in [0.25, 0.3) is 0 Å². The fourth-order valence-corrected chi connectivity index (χ4v) is 4.49. The highest BCUT2D eigenvalue weighted by Gasteiger charge is 2.32. The molecular weight excluding hydrogens is 406 g/mol. The van der Waals surface area contributed by atoms with Crippen molar-refractivity contribution in [3.63, 3.8) is 0 Å². The van der Waals surface area contributed by atoms with Crippen LogP contribution in [0.25, 0.3) is 0 Å². The number of hydrogen-bond acceptors (Lipinski definition) is 7. The van der Waals surface area contributed by atoms with E-state index in [1.165, 1.54) is 5.56 Å². The number of amides is 3. The first-order chi connectivity index (χ1) is 14.6. The van der Waals surface area contributed by atoms with Crippen molar-refractivity contribution in [3.8, 4) is 11.5 Å². The van der Waals surface area contributed by atoms with Gasteiger partial charge in [-0.15, -0.1) is 11.3 Å². The molecule has 1 aliphatic heterocycles. The maximum Gasteiger partial charge on any atom is 0.321 e. The van der Waals surface area contributed by atoms with E-state index in [2.05, 4.69) is 21.6 Å². The number of carbonyl (C=O) groups is 2. The summed E-state index contributed by atoms with van der Waals surface area (Å²) in [5, 5.41) is 7.00. The minimum Gasteiger partial charge on any atom is -0.493 e. The number of ether oxygens (including phenoxy) is 3. The highest BCUT2D eigenvalue weighted by molar-refractivity contribution is 7.10. The number of fused-ring (bicyclic) bond motifs is 1. The highest BCUT2D eigenvalue weighted by Crippen LogP contribution is 2.41. The number of rotatable bonds is 8. The Morgan fingerprint density at radius 1 is 1.20 bits per heavy atom. The summed E-state index contributed by atoms with van der Waals surface area (Å²) in [6.07, 6.45) is 0.769. The lowest BCUT2D eigenvalue weighted by Crippen LogP contribution is -2.47. The van der Waals surface area contributed by atoms with Crippen molar-refractivity contribution in [2.24, 2.45) is 0 Å². The summed E-state index contributed by atoms with van der Waals surface area (Å²) in [6, 6.07) is 7.43. The Bertz CT molecular complexity index is 872. The fourth-order valence-electron chi connectivity index (χ4n) is 3.61. The summed E-state index contributed by atoms with van der Waals surface area (Å²) in [7, 11) is 4.78. The Kier molecular flexibility index (Phi) is 7.67. The van der Waals surface area contributed by atoms with Gasteiger partial charge in [0, 0.05) is 25.1 Å². The van der Waals surface area contributed by atoms with Crippen LogP contribution in [0.2, 0.25) is 0 Å². The number of nitrogens with zero attached hydrogens (tertiary/aromatic N) is 1. The minimum absolute atomic E-state index is 0.101. The molecule has 2 heterocycles. The third kappa shape index (κ3) is 5.10. The molecule has 3 amide bonds. The lowest BCUT2D eigenvalue weighted by Gasteiger charge is -2.36. The van der Waals surface area contributed by atoms with Gasteiger partial charge in [-0.2, -0.15) is 0 Å². The Morgan fingerprint density at radius 2 is 1.97 bits per heavy atom. The van der Waals surface area contributed by atoms with Gasteiger partial charge in [-0.1, -0.05) is 6.07 Å². The first-order valence-corrected chi connectivity index (χ1v) is 10.5. The predicted octanol–water partition coefficient (Wildman–Crippen LogP) is 2.18. The fraction of sp³-hybridized carbons (Fsp3) is 0.429. The summed E-state index contributed by atoms with van der Waals surface area (Å²) < 4.78 is 15.8. The summed E-state index contributed by atoms with van der Waals surface area (Å²) in [5.41, 5.74) is 2.25. The first kappa shape index (κ1) is 22.1. The third-order valence-electron chi connectivity index (χ3n) is 4.98. The predicted molar refractivity (Wildman–Crippen MR) is 114 cm³/mol. The van der Waals surface area contributed by atoms with E-state index in [-0.39, 0.29) is 18.5 Å². The number of urea groups is 1. The maximum absolute atomic E-state index is 12.5. The van der Waals surface area contributed by atoms with Crippen LogP contribution in [0.15, 0.2) is 29.6 Å². The van der Waals surface area contributed by atoms with Gasteiger partial charge in [0.1, 0.15) is 0 Å². The number of hydrogen-bond donors (Lipinski definition) is 2. The standard InChI is InChI=1S/C21H27N3O5S/c1-27-9-7-22-21(26)23-19(25)13-24-8-6-14-11-16(28-2)17(29-3)12-15(14)20(24)18-5-4-10-30-18/h4-5,10-12,20H,6-9,13H2,1-3H3,(H2,22,23,25,26). The van der Waals surface area contributed by atoms with Gasteiger partial charge in [0.15, 0.2) is 11.5 Å². The lowest BCUT2D eigenvalue weighted by molar-refractivity contribution is -0.121. The van der Waals surface area contributed by atoms with Crippen molar-refractivity contribution in [3.05, 3.63) is 45.6 Å². The molecule has 0 radical (unpaired) electrons. The minimum atomic E-state index is -0.520. The number of benzene rings is 1. The first-order valence-electron chi connectivity index (χ1n) is 9.66. The van der Waals surface area contributed by atoms with E-state index in [9.17, 15) is 9.59 Å². The Labute approximate surface area is 180 Å². The molecule has 9 heteroatoms. The molecule has 1 aromatic carbocycles. The van der Waals surface area contributed by atoms with Gasteiger partial charge in [-0.25, -0.2) is 4.79 Å². The summed E-state index contributed by atoms with van der Waals surface area (Å²) >= 11 is 1.64. The molecule has 1 unspecified atom stereocenters. The van der Waals surface area contributed by atoms with E-state index in [4.69, 9.17) is 14.2 Å². The van der Waals surface area contributed by atoms with Crippen molar-refractivity contribution in [2.45, 2.75) is 12.5 Å². The zero-order valence-corrected chi connectivity index (χ0v) is 18.2. The SMILES string of the molecule is COCCNC(=O)NC(=O)CN1CCc2cc(OC)c(OC)cc2C1c1cccs1. The second-order valence-electron chi connectivity index (χ2n) is 6.84. The van der Waals surface area contributed by atoms with Crippen LogP contribution in [-0.2, 0) is 16.0 Å². The molecule has 1 aromatic heterocycles. The molecule has 0 aliphatic carbocycles. The quantitative estimate of drug-likeness (QED) is 0.621. The topological polar surface area (TPSA) is 89.1 Å². The highest BCUT2D eigenvalue weighted by atomic mass is 32.1. The smallest absolute Gasteiger partial charge is 0.321 e. The van der Waals surface area contributed by atoms with Crippen molar-refractivity contribution in [2.75, 3.05) is 47.6 Å². The van der Waals surface area contributed by atoms with E-state index < -0.39 is 6.03 Å². The number of methoxy groups -OCH3 is 3. The molecule has 0 bridgehead atoms. The van der Waals surface area contributed by atoms with Crippen LogP contribution in [0, 0.1) is 0 Å². The largest absolute Gasteiger partial charge is 0.493 e. The summed E-state index contributed by atoms with van der Waals surface area (Å²) in [4.78, 5) is 27.6. The van der Waals surface area contributed by atoms with Crippen LogP contribution in [0.4, 0.5) is 4.79 Å². The molecule has 0 fully saturated rings. The Balaban J connectivity index is 1.80. The molecule has 30 heavy (non-hydrogen) atoms. The van der Waals surface area contributed by atoms with Gasteiger partial charge in [-0.05, 0) is 41.1 Å². The molecule has 3 rings (SSSR count). The molecule has 2 aromatic rings. The number of imide groups is 1. The second-order valence-corrected chi connectivity index (χ2v) is 7.82. The van der Waals surface area contributed by atoms with E-state index in [1.54, 1.807) is 32.7 Å². The molecular formula is C21H27N3O5S. The monoisotopic (exact) mass is 433 g/mol. The van der Waals surface area contributed by atoms with E-state index in [0.29, 0.717) is 31.2 Å². The van der Waals surface area contributed by atoms with Crippen LogP contribution in [0.1, 0.15) is 22.0 Å². The van der Waals surface area contributed by atoms with Crippen molar-refractivity contribution >= 4 is 23.3 Å². The average molecular weight is 434 g/mol. The summed E-state index contributed by atoms with van der Waals surface area (Å²) in [5.74, 6) is 0.997. The maximum atomic E-state index is 12.5. The van der Waals surface area contributed by atoms with Crippen LogP contribution in [-0.4, -0.2) is 64.4 Å². The van der Waals surface area contributed by atoms with Crippen LogP contribution in [0.5, 0.6) is 11.5 Å². The molecule has 0 spiro atoms. The Hall–Kier alpha value is -2.62. The molecule has 0 saturated carbocycles.